The molecule has 8 nitrogen and oxygen atoms in total. The standard InChI is InChI=1S/C17H26N4O4/c1-18-17(19-8-2-9-24-12-15-7-10-25-13-15)20-11-14-3-5-16(6-4-14)21(22)23/h3-6,15H,2,7-13H2,1H3,(H2,18,19,20). The SMILES string of the molecule is CN=C(NCCCOCC1CCOC1)NCc1ccc([N+](=O)[O-])cc1. The van der Waals surface area contributed by atoms with Crippen LogP contribution in [0.15, 0.2) is 29.3 Å². The Kier molecular flexibility index (Phi) is 8.14. The van der Waals surface area contributed by atoms with Crippen molar-refractivity contribution in [2.24, 2.45) is 10.9 Å². The number of benzene rings is 1. The van der Waals surface area contributed by atoms with Crippen LogP contribution >= 0.6 is 0 Å². The molecule has 1 atom stereocenters. The summed E-state index contributed by atoms with van der Waals surface area (Å²) < 4.78 is 11.0. The van der Waals surface area contributed by atoms with Gasteiger partial charge < -0.3 is 20.1 Å². The number of aliphatic imine (C=N–C) groups is 1. The van der Waals surface area contributed by atoms with Crippen molar-refractivity contribution in [3.63, 3.8) is 0 Å². The van der Waals surface area contributed by atoms with Crippen LogP contribution < -0.4 is 10.6 Å². The molecule has 0 saturated carbocycles. The van der Waals surface area contributed by atoms with Gasteiger partial charge in [0.05, 0.1) is 18.1 Å². The molecular weight excluding hydrogens is 324 g/mol. The summed E-state index contributed by atoms with van der Waals surface area (Å²) in [6.07, 6.45) is 1.99. The lowest BCUT2D eigenvalue weighted by Crippen LogP contribution is -2.37. The highest BCUT2D eigenvalue weighted by Crippen LogP contribution is 2.12. The van der Waals surface area contributed by atoms with Gasteiger partial charge in [-0.3, -0.25) is 15.1 Å². The molecule has 1 heterocycles. The first-order valence-corrected chi connectivity index (χ1v) is 8.52. The smallest absolute Gasteiger partial charge is 0.269 e. The van der Waals surface area contributed by atoms with E-state index in [9.17, 15) is 10.1 Å². The zero-order valence-corrected chi connectivity index (χ0v) is 14.6. The molecule has 1 aliphatic rings. The number of nitro groups is 1. The lowest BCUT2D eigenvalue weighted by Gasteiger charge is -2.12. The molecule has 1 aromatic carbocycles. The van der Waals surface area contributed by atoms with E-state index < -0.39 is 4.92 Å². The molecular formula is C17H26N4O4. The Morgan fingerprint density at radius 1 is 1.40 bits per heavy atom. The average molecular weight is 350 g/mol. The topological polar surface area (TPSA) is 98.0 Å². The van der Waals surface area contributed by atoms with Crippen molar-refractivity contribution in [3.05, 3.63) is 39.9 Å². The Hall–Kier alpha value is -2.19. The highest BCUT2D eigenvalue weighted by Gasteiger charge is 2.15. The molecule has 0 aliphatic carbocycles. The van der Waals surface area contributed by atoms with Crippen molar-refractivity contribution in [2.75, 3.05) is 40.0 Å². The van der Waals surface area contributed by atoms with Crippen LogP contribution in [-0.2, 0) is 16.0 Å². The van der Waals surface area contributed by atoms with E-state index in [1.807, 2.05) is 0 Å². The largest absolute Gasteiger partial charge is 0.381 e. The van der Waals surface area contributed by atoms with E-state index in [4.69, 9.17) is 9.47 Å². The maximum Gasteiger partial charge on any atom is 0.269 e. The van der Waals surface area contributed by atoms with Gasteiger partial charge in [0, 0.05) is 51.4 Å². The number of ether oxygens (including phenoxy) is 2. The second-order valence-corrected chi connectivity index (χ2v) is 5.93. The van der Waals surface area contributed by atoms with Crippen LogP contribution in [0.25, 0.3) is 0 Å². The summed E-state index contributed by atoms with van der Waals surface area (Å²) in [5, 5.41) is 17.0. The second-order valence-electron chi connectivity index (χ2n) is 5.93. The Bertz CT molecular complexity index is 556. The zero-order chi connectivity index (χ0) is 17.9. The summed E-state index contributed by atoms with van der Waals surface area (Å²) in [5.74, 6) is 1.24. The number of non-ortho nitro benzene ring substituents is 1. The van der Waals surface area contributed by atoms with Crippen LogP contribution in [0.1, 0.15) is 18.4 Å². The highest BCUT2D eigenvalue weighted by molar-refractivity contribution is 5.79. The first kappa shape index (κ1) is 19.1. The predicted molar refractivity (Wildman–Crippen MR) is 95.7 cm³/mol. The first-order valence-electron chi connectivity index (χ1n) is 8.52. The van der Waals surface area contributed by atoms with E-state index in [0.717, 1.165) is 44.8 Å². The van der Waals surface area contributed by atoms with Crippen LogP contribution in [0.3, 0.4) is 0 Å². The van der Waals surface area contributed by atoms with Gasteiger partial charge in [-0.1, -0.05) is 12.1 Å². The van der Waals surface area contributed by atoms with E-state index in [1.54, 1.807) is 19.2 Å². The molecule has 0 aromatic heterocycles. The number of guanidine groups is 1. The van der Waals surface area contributed by atoms with Gasteiger partial charge in [-0.25, -0.2) is 0 Å². The molecule has 0 bridgehead atoms. The van der Waals surface area contributed by atoms with Gasteiger partial charge in [0.1, 0.15) is 0 Å². The molecule has 1 aliphatic heterocycles. The number of hydrogen-bond donors (Lipinski definition) is 2. The van der Waals surface area contributed by atoms with E-state index in [-0.39, 0.29) is 5.69 Å². The lowest BCUT2D eigenvalue weighted by atomic mass is 10.1. The summed E-state index contributed by atoms with van der Waals surface area (Å²) in [7, 11) is 1.71. The number of hydrogen-bond acceptors (Lipinski definition) is 5. The number of nitrogens with zero attached hydrogens (tertiary/aromatic N) is 2. The van der Waals surface area contributed by atoms with E-state index >= 15 is 0 Å². The minimum Gasteiger partial charge on any atom is -0.381 e. The number of nitro benzene ring substituents is 1. The predicted octanol–water partition coefficient (Wildman–Crippen LogP) is 1.70. The van der Waals surface area contributed by atoms with Gasteiger partial charge in [-0.05, 0) is 18.4 Å². The monoisotopic (exact) mass is 350 g/mol. The van der Waals surface area contributed by atoms with Crippen LogP contribution in [0, 0.1) is 16.0 Å². The molecule has 0 spiro atoms. The minimum atomic E-state index is -0.403. The normalized spacial score (nSPS) is 17.5. The zero-order valence-electron chi connectivity index (χ0n) is 14.6. The maximum atomic E-state index is 10.6. The van der Waals surface area contributed by atoms with Crippen LogP contribution in [-0.4, -0.2) is 50.9 Å². The molecule has 1 aromatic rings. The summed E-state index contributed by atoms with van der Waals surface area (Å²) in [5.41, 5.74) is 1.05. The van der Waals surface area contributed by atoms with Gasteiger partial charge in [-0.15, -0.1) is 0 Å². The van der Waals surface area contributed by atoms with E-state index in [2.05, 4.69) is 15.6 Å². The lowest BCUT2D eigenvalue weighted by molar-refractivity contribution is -0.384. The Morgan fingerprint density at radius 3 is 2.84 bits per heavy atom. The molecule has 1 fully saturated rings. The summed E-state index contributed by atoms with van der Waals surface area (Å²) >= 11 is 0. The quantitative estimate of drug-likeness (QED) is 0.231. The summed E-state index contributed by atoms with van der Waals surface area (Å²) in [4.78, 5) is 14.4. The van der Waals surface area contributed by atoms with Crippen molar-refractivity contribution in [2.45, 2.75) is 19.4 Å². The van der Waals surface area contributed by atoms with Gasteiger partial charge in [0.25, 0.3) is 5.69 Å². The number of rotatable bonds is 9. The molecule has 138 valence electrons. The van der Waals surface area contributed by atoms with Gasteiger partial charge in [0.2, 0.25) is 0 Å². The van der Waals surface area contributed by atoms with E-state index in [1.165, 1.54) is 12.1 Å². The summed E-state index contributed by atoms with van der Waals surface area (Å²) in [6, 6.07) is 6.47. The molecule has 1 saturated heterocycles. The van der Waals surface area contributed by atoms with Crippen molar-refractivity contribution >= 4 is 11.6 Å². The van der Waals surface area contributed by atoms with Crippen LogP contribution in [0.2, 0.25) is 0 Å². The van der Waals surface area contributed by atoms with Gasteiger partial charge in [0.15, 0.2) is 5.96 Å². The van der Waals surface area contributed by atoms with Crippen molar-refractivity contribution < 1.29 is 14.4 Å². The van der Waals surface area contributed by atoms with Gasteiger partial charge in [-0.2, -0.15) is 0 Å². The van der Waals surface area contributed by atoms with E-state index in [0.29, 0.717) is 25.0 Å². The average Bonchev–Trinajstić information content (AvgIpc) is 3.14. The van der Waals surface area contributed by atoms with Crippen molar-refractivity contribution in [3.8, 4) is 0 Å². The third-order valence-corrected chi connectivity index (χ3v) is 3.97. The van der Waals surface area contributed by atoms with Crippen LogP contribution in [0.5, 0.6) is 0 Å². The Morgan fingerprint density at radius 2 is 2.20 bits per heavy atom. The minimum absolute atomic E-state index is 0.0930. The van der Waals surface area contributed by atoms with Gasteiger partial charge >= 0.3 is 0 Å². The Labute approximate surface area is 147 Å². The fourth-order valence-electron chi connectivity index (χ4n) is 2.49. The maximum absolute atomic E-state index is 10.6. The molecule has 0 amide bonds. The highest BCUT2D eigenvalue weighted by atomic mass is 16.6. The second kappa shape index (κ2) is 10.6. The van der Waals surface area contributed by atoms with Crippen molar-refractivity contribution in [1.82, 2.24) is 10.6 Å². The number of nitrogens with one attached hydrogen (secondary N) is 2. The molecule has 0 radical (unpaired) electrons. The third-order valence-electron chi connectivity index (χ3n) is 3.97. The van der Waals surface area contributed by atoms with Crippen molar-refractivity contribution in [1.29, 1.82) is 0 Å². The molecule has 8 heteroatoms. The first-order chi connectivity index (χ1) is 12.2. The fourth-order valence-corrected chi connectivity index (χ4v) is 2.49. The molecule has 1 unspecified atom stereocenters. The molecule has 25 heavy (non-hydrogen) atoms. The third kappa shape index (κ3) is 7.06. The summed E-state index contributed by atoms with van der Waals surface area (Å²) in [6.45, 7) is 4.47. The Balaban J connectivity index is 1.57. The fraction of sp³-hybridized carbons (Fsp3) is 0.588. The van der Waals surface area contributed by atoms with Crippen LogP contribution in [0.4, 0.5) is 5.69 Å². The molecule has 2 N–H and O–H groups in total. The molecule has 2 rings (SSSR count).